The van der Waals surface area contributed by atoms with Gasteiger partial charge in [-0.05, 0) is 50.2 Å². The summed E-state index contributed by atoms with van der Waals surface area (Å²) in [5.74, 6) is -0.425. The highest BCUT2D eigenvalue weighted by Gasteiger charge is 2.14. The van der Waals surface area contributed by atoms with Crippen LogP contribution in [0, 0.1) is 0 Å². The summed E-state index contributed by atoms with van der Waals surface area (Å²) in [6, 6.07) is 13.6. The van der Waals surface area contributed by atoms with Crippen LogP contribution in [-0.4, -0.2) is 44.0 Å². The number of nitrogens with zero attached hydrogens (tertiary/aromatic N) is 4. The molecule has 3 aromatic heterocycles. The zero-order valence-electron chi connectivity index (χ0n) is 19.6. The average molecular weight is 526 g/mol. The van der Waals surface area contributed by atoms with Gasteiger partial charge < -0.3 is 16.0 Å². The second-order valence-corrected chi connectivity index (χ2v) is 9.84. The molecule has 3 N–H and O–H groups in total. The second-order valence-electron chi connectivity index (χ2n) is 8.13. The zero-order valence-corrected chi connectivity index (χ0v) is 21.1. The van der Waals surface area contributed by atoms with Crippen molar-refractivity contribution in [2.75, 3.05) is 11.9 Å². The lowest BCUT2D eigenvalue weighted by molar-refractivity contribution is -0.119. The fourth-order valence-electron chi connectivity index (χ4n) is 3.40. The summed E-state index contributed by atoms with van der Waals surface area (Å²) in [4.78, 5) is 37.4. The summed E-state index contributed by atoms with van der Waals surface area (Å²) >= 11 is 7.09. The number of hydrogen-bond acceptors (Lipinski definition) is 7. The van der Waals surface area contributed by atoms with Gasteiger partial charge in [-0.2, -0.15) is 0 Å². The van der Waals surface area contributed by atoms with Crippen LogP contribution in [0.25, 0.3) is 11.4 Å². The van der Waals surface area contributed by atoms with E-state index >= 15 is 0 Å². The van der Waals surface area contributed by atoms with Gasteiger partial charge in [0, 0.05) is 18.3 Å². The highest BCUT2D eigenvalue weighted by atomic mass is 35.5. The number of pyridine rings is 1. The van der Waals surface area contributed by atoms with Gasteiger partial charge in [0.05, 0.1) is 45.6 Å². The molecule has 12 heteroatoms. The molecule has 0 aliphatic heterocycles. The standard InChI is InChI=1S/C24H24ClN7O3S/c1-15(2)28-22(33)13-26-18-11-17(31-10-4-3-5-23(31)34)6-7-19(18)32-14-16(29-30-32)12-27-24(35)20-8-9-21(25)36-20/h3-11,14-15,26H,12-13H2,1-2H3,(H,27,35)(H,28,33). The lowest BCUT2D eigenvalue weighted by atomic mass is 10.2. The van der Waals surface area contributed by atoms with Crippen LogP contribution >= 0.6 is 22.9 Å². The number of anilines is 1. The van der Waals surface area contributed by atoms with E-state index in [1.54, 1.807) is 59.5 Å². The van der Waals surface area contributed by atoms with E-state index in [1.165, 1.54) is 22.0 Å². The Bertz CT molecular complexity index is 1440. The van der Waals surface area contributed by atoms with Gasteiger partial charge in [0.1, 0.15) is 5.69 Å². The molecule has 4 rings (SSSR count). The summed E-state index contributed by atoms with van der Waals surface area (Å²) in [5.41, 5.74) is 2.18. The molecule has 3 heterocycles. The number of halogens is 1. The van der Waals surface area contributed by atoms with Crippen LogP contribution < -0.4 is 21.5 Å². The van der Waals surface area contributed by atoms with Gasteiger partial charge in [-0.1, -0.05) is 22.9 Å². The van der Waals surface area contributed by atoms with Crippen LogP contribution in [0.5, 0.6) is 0 Å². The van der Waals surface area contributed by atoms with E-state index < -0.39 is 0 Å². The van der Waals surface area contributed by atoms with E-state index in [0.717, 1.165) is 0 Å². The third-order valence-corrected chi connectivity index (χ3v) is 6.21. The number of thiophene rings is 1. The molecule has 0 saturated heterocycles. The number of rotatable bonds is 9. The van der Waals surface area contributed by atoms with E-state index in [9.17, 15) is 14.4 Å². The molecule has 0 fully saturated rings. The fourth-order valence-corrected chi connectivity index (χ4v) is 4.36. The summed E-state index contributed by atoms with van der Waals surface area (Å²) in [7, 11) is 0. The smallest absolute Gasteiger partial charge is 0.261 e. The Morgan fingerprint density at radius 1 is 1.14 bits per heavy atom. The molecule has 10 nitrogen and oxygen atoms in total. The molecule has 36 heavy (non-hydrogen) atoms. The van der Waals surface area contributed by atoms with Gasteiger partial charge in [0.25, 0.3) is 11.5 Å². The number of nitrogens with one attached hydrogen (secondary N) is 3. The topological polar surface area (TPSA) is 123 Å². The lowest BCUT2D eigenvalue weighted by Gasteiger charge is -2.15. The van der Waals surface area contributed by atoms with Crippen LogP contribution in [0.3, 0.4) is 0 Å². The highest BCUT2D eigenvalue weighted by molar-refractivity contribution is 7.17. The molecule has 1 aromatic carbocycles. The van der Waals surface area contributed by atoms with Crippen LogP contribution in [0.4, 0.5) is 5.69 Å². The largest absolute Gasteiger partial charge is 0.374 e. The van der Waals surface area contributed by atoms with E-state index in [0.29, 0.717) is 32.0 Å². The lowest BCUT2D eigenvalue weighted by Crippen LogP contribution is -2.35. The number of carbonyl (C=O) groups excluding carboxylic acids is 2. The first-order valence-corrected chi connectivity index (χ1v) is 12.3. The third kappa shape index (κ3) is 6.18. The zero-order chi connectivity index (χ0) is 25.7. The summed E-state index contributed by atoms with van der Waals surface area (Å²) in [5, 5.41) is 17.1. The average Bonchev–Trinajstić information content (AvgIpc) is 3.50. The molecular weight excluding hydrogens is 502 g/mol. The highest BCUT2D eigenvalue weighted by Crippen LogP contribution is 2.24. The van der Waals surface area contributed by atoms with Crippen molar-refractivity contribution < 1.29 is 9.59 Å². The number of hydrogen-bond donors (Lipinski definition) is 3. The molecule has 0 unspecified atom stereocenters. The Kier molecular flexibility index (Phi) is 7.81. The third-order valence-electron chi connectivity index (χ3n) is 4.98. The molecule has 4 aromatic rings. The maximum Gasteiger partial charge on any atom is 0.261 e. The first-order valence-electron chi connectivity index (χ1n) is 11.1. The van der Waals surface area contributed by atoms with Crippen molar-refractivity contribution in [3.05, 3.63) is 86.2 Å². The van der Waals surface area contributed by atoms with E-state index in [1.807, 2.05) is 13.8 Å². The quantitative estimate of drug-likeness (QED) is 0.309. The van der Waals surface area contributed by atoms with Crippen molar-refractivity contribution in [3.63, 3.8) is 0 Å². The molecule has 186 valence electrons. The monoisotopic (exact) mass is 525 g/mol. The number of amides is 2. The predicted octanol–water partition coefficient (Wildman–Crippen LogP) is 3.00. The Balaban J connectivity index is 1.57. The Hall–Kier alpha value is -3.96. The van der Waals surface area contributed by atoms with Crippen molar-refractivity contribution in [2.24, 2.45) is 0 Å². The van der Waals surface area contributed by atoms with Crippen LogP contribution in [-0.2, 0) is 11.3 Å². The molecule has 0 spiro atoms. The van der Waals surface area contributed by atoms with E-state index in [-0.39, 0.29) is 36.5 Å². The maximum atomic E-state index is 12.3. The first kappa shape index (κ1) is 25.1. The molecule has 0 saturated carbocycles. The molecule has 0 aliphatic rings. The number of carbonyl (C=O) groups is 2. The normalized spacial score (nSPS) is 10.9. The van der Waals surface area contributed by atoms with Crippen molar-refractivity contribution in [1.29, 1.82) is 0 Å². The van der Waals surface area contributed by atoms with Gasteiger partial charge >= 0.3 is 0 Å². The van der Waals surface area contributed by atoms with Gasteiger partial charge in [-0.3, -0.25) is 19.0 Å². The Labute approximate surface area is 215 Å². The molecule has 0 bridgehead atoms. The van der Waals surface area contributed by atoms with Crippen LogP contribution in [0.2, 0.25) is 4.34 Å². The van der Waals surface area contributed by atoms with Gasteiger partial charge in [0.15, 0.2) is 0 Å². The van der Waals surface area contributed by atoms with Crippen molar-refractivity contribution in [1.82, 2.24) is 30.2 Å². The minimum Gasteiger partial charge on any atom is -0.374 e. The van der Waals surface area contributed by atoms with Crippen molar-refractivity contribution >= 4 is 40.4 Å². The van der Waals surface area contributed by atoms with E-state index in [4.69, 9.17) is 11.6 Å². The minimum absolute atomic E-state index is 0.00582. The fraction of sp³-hybridized carbons (Fsp3) is 0.208. The number of aromatic nitrogens is 4. The molecular formula is C24H24ClN7O3S. The summed E-state index contributed by atoms with van der Waals surface area (Å²) < 4.78 is 3.58. The van der Waals surface area contributed by atoms with Gasteiger partial charge in [0.2, 0.25) is 5.91 Å². The SMILES string of the molecule is CC(C)NC(=O)CNc1cc(-n2ccccc2=O)ccc1-n1cc(CNC(=O)c2ccc(Cl)s2)nn1. The first-order chi connectivity index (χ1) is 17.3. The molecule has 0 radical (unpaired) electrons. The van der Waals surface area contributed by atoms with Crippen LogP contribution in [0.15, 0.2) is 65.7 Å². The van der Waals surface area contributed by atoms with Crippen LogP contribution in [0.1, 0.15) is 29.2 Å². The molecule has 0 aliphatic carbocycles. The Morgan fingerprint density at radius 2 is 1.97 bits per heavy atom. The molecule has 0 atom stereocenters. The minimum atomic E-state index is -0.252. The summed E-state index contributed by atoms with van der Waals surface area (Å²) in [6.45, 7) is 3.97. The van der Waals surface area contributed by atoms with E-state index in [2.05, 4.69) is 26.3 Å². The van der Waals surface area contributed by atoms with Gasteiger partial charge in [-0.15, -0.1) is 16.4 Å². The van der Waals surface area contributed by atoms with Crippen molar-refractivity contribution in [3.8, 4) is 11.4 Å². The maximum absolute atomic E-state index is 12.3. The van der Waals surface area contributed by atoms with Crippen molar-refractivity contribution in [2.45, 2.75) is 26.4 Å². The molecule has 2 amide bonds. The second kappa shape index (κ2) is 11.2. The Morgan fingerprint density at radius 3 is 2.69 bits per heavy atom. The summed E-state index contributed by atoms with van der Waals surface area (Å²) in [6.07, 6.45) is 3.36. The number of benzene rings is 1. The van der Waals surface area contributed by atoms with Gasteiger partial charge in [-0.25, -0.2) is 4.68 Å². The predicted molar refractivity (Wildman–Crippen MR) is 139 cm³/mol.